The van der Waals surface area contributed by atoms with Crippen LogP contribution in [-0.2, 0) is 0 Å². The summed E-state index contributed by atoms with van der Waals surface area (Å²) >= 11 is 1.88. The normalized spacial score (nSPS) is 11.3. The number of hydrogen-bond acceptors (Lipinski definition) is 2. The van der Waals surface area contributed by atoms with Crippen molar-refractivity contribution in [3.8, 4) is 33.4 Å². The van der Waals surface area contributed by atoms with Gasteiger partial charge in [0.2, 0.25) is 0 Å². The summed E-state index contributed by atoms with van der Waals surface area (Å²) < 4.78 is 2.66. The van der Waals surface area contributed by atoms with Crippen molar-refractivity contribution in [1.82, 2.24) is 0 Å². The SMILES string of the molecule is c1ccc(-c2ccc(N(c3ccc(-c4cccc5c4sc4ccccc45)cc3)c3cccc(-c4ccc5ccccc5c4)c3)cc2)cc1. The molecule has 0 bridgehead atoms. The molecule has 2 heteroatoms. The monoisotopic (exact) mass is 629 g/mol. The molecule has 1 heterocycles. The summed E-state index contributed by atoms with van der Waals surface area (Å²) in [5.41, 5.74) is 10.7. The van der Waals surface area contributed by atoms with E-state index < -0.39 is 0 Å². The third kappa shape index (κ3) is 5.13. The van der Waals surface area contributed by atoms with Crippen LogP contribution in [0.4, 0.5) is 17.1 Å². The molecule has 0 saturated carbocycles. The van der Waals surface area contributed by atoms with Crippen molar-refractivity contribution < 1.29 is 0 Å². The fourth-order valence-electron chi connectivity index (χ4n) is 6.84. The van der Waals surface area contributed by atoms with Crippen molar-refractivity contribution in [2.45, 2.75) is 0 Å². The Bertz CT molecular complexity index is 2540. The van der Waals surface area contributed by atoms with E-state index in [0.717, 1.165) is 17.1 Å². The Morgan fingerprint density at radius 3 is 1.73 bits per heavy atom. The highest BCUT2D eigenvalue weighted by Crippen LogP contribution is 2.42. The Morgan fingerprint density at radius 1 is 0.333 bits per heavy atom. The highest BCUT2D eigenvalue weighted by Gasteiger charge is 2.16. The van der Waals surface area contributed by atoms with Crippen LogP contribution in [0.15, 0.2) is 188 Å². The van der Waals surface area contributed by atoms with Crippen LogP contribution in [0.1, 0.15) is 0 Å². The largest absolute Gasteiger partial charge is 0.310 e. The second-order valence-electron chi connectivity index (χ2n) is 12.2. The maximum Gasteiger partial charge on any atom is 0.0467 e. The molecule has 0 aliphatic heterocycles. The summed E-state index contributed by atoms with van der Waals surface area (Å²) in [7, 11) is 0. The van der Waals surface area contributed by atoms with Crippen LogP contribution in [0.2, 0.25) is 0 Å². The second kappa shape index (κ2) is 12.0. The highest BCUT2D eigenvalue weighted by atomic mass is 32.1. The van der Waals surface area contributed by atoms with Crippen molar-refractivity contribution in [3.05, 3.63) is 188 Å². The average Bonchev–Trinajstić information content (AvgIpc) is 3.55. The van der Waals surface area contributed by atoms with Crippen LogP contribution in [0.5, 0.6) is 0 Å². The topological polar surface area (TPSA) is 3.24 Å². The zero-order valence-corrected chi connectivity index (χ0v) is 27.1. The molecular weight excluding hydrogens is 599 g/mol. The first kappa shape index (κ1) is 28.3. The van der Waals surface area contributed by atoms with Gasteiger partial charge in [-0.3, -0.25) is 0 Å². The first-order valence-electron chi connectivity index (χ1n) is 16.3. The van der Waals surface area contributed by atoms with E-state index in [9.17, 15) is 0 Å². The minimum absolute atomic E-state index is 1.12. The zero-order chi connectivity index (χ0) is 31.9. The number of anilines is 3. The van der Waals surface area contributed by atoms with Gasteiger partial charge in [0.05, 0.1) is 0 Å². The van der Waals surface area contributed by atoms with Crippen LogP contribution in [-0.4, -0.2) is 0 Å². The van der Waals surface area contributed by atoms with Gasteiger partial charge >= 0.3 is 0 Å². The summed E-state index contributed by atoms with van der Waals surface area (Å²) in [5.74, 6) is 0. The molecule has 0 unspecified atom stereocenters. The molecule has 8 aromatic carbocycles. The van der Waals surface area contributed by atoms with Gasteiger partial charge in [-0.05, 0) is 92.7 Å². The Balaban J connectivity index is 1.14. The van der Waals surface area contributed by atoms with Gasteiger partial charge in [-0.25, -0.2) is 0 Å². The number of rotatable bonds is 6. The summed E-state index contributed by atoms with van der Waals surface area (Å²) in [6.07, 6.45) is 0. The lowest BCUT2D eigenvalue weighted by atomic mass is 10.00. The quantitative estimate of drug-likeness (QED) is 0.177. The average molecular weight is 630 g/mol. The lowest BCUT2D eigenvalue weighted by molar-refractivity contribution is 1.28. The number of benzene rings is 8. The van der Waals surface area contributed by atoms with E-state index in [-0.39, 0.29) is 0 Å². The molecule has 1 nitrogen and oxygen atoms in total. The van der Waals surface area contributed by atoms with Gasteiger partial charge in [-0.1, -0.05) is 140 Å². The lowest BCUT2D eigenvalue weighted by Gasteiger charge is -2.26. The van der Waals surface area contributed by atoms with Gasteiger partial charge < -0.3 is 4.90 Å². The van der Waals surface area contributed by atoms with E-state index >= 15 is 0 Å². The predicted octanol–water partition coefficient (Wildman–Crippen LogP) is 13.7. The Hall–Kier alpha value is -5.96. The number of hydrogen-bond donors (Lipinski definition) is 0. The summed E-state index contributed by atoms with van der Waals surface area (Å²) in [5, 5.41) is 5.15. The van der Waals surface area contributed by atoms with Gasteiger partial charge in [0.25, 0.3) is 0 Å². The van der Waals surface area contributed by atoms with Gasteiger partial charge in [-0.2, -0.15) is 0 Å². The third-order valence-corrected chi connectivity index (χ3v) is 10.5. The molecule has 0 aliphatic carbocycles. The summed E-state index contributed by atoms with van der Waals surface area (Å²) in [4.78, 5) is 2.36. The molecule has 0 fully saturated rings. The fourth-order valence-corrected chi connectivity index (χ4v) is 8.08. The minimum atomic E-state index is 1.12. The lowest BCUT2D eigenvalue weighted by Crippen LogP contribution is -2.10. The van der Waals surface area contributed by atoms with Crippen molar-refractivity contribution in [2.24, 2.45) is 0 Å². The van der Waals surface area contributed by atoms with Crippen LogP contribution in [0.3, 0.4) is 0 Å². The molecule has 0 N–H and O–H groups in total. The van der Waals surface area contributed by atoms with Crippen LogP contribution < -0.4 is 4.90 Å². The highest BCUT2D eigenvalue weighted by molar-refractivity contribution is 7.26. The molecule has 0 amide bonds. The fraction of sp³-hybridized carbons (Fsp3) is 0. The summed E-state index contributed by atoms with van der Waals surface area (Å²) in [6, 6.07) is 68.1. The first-order chi connectivity index (χ1) is 23.8. The number of fused-ring (bicyclic) bond motifs is 4. The van der Waals surface area contributed by atoms with Crippen molar-refractivity contribution in [3.63, 3.8) is 0 Å². The Morgan fingerprint density at radius 2 is 0.917 bits per heavy atom. The minimum Gasteiger partial charge on any atom is -0.310 e. The van der Waals surface area contributed by atoms with Gasteiger partial charge in [0, 0.05) is 37.2 Å². The van der Waals surface area contributed by atoms with Gasteiger partial charge in [0.15, 0.2) is 0 Å². The number of thiophene rings is 1. The second-order valence-corrected chi connectivity index (χ2v) is 13.2. The first-order valence-corrected chi connectivity index (χ1v) is 17.2. The van der Waals surface area contributed by atoms with E-state index in [1.165, 1.54) is 64.3 Å². The van der Waals surface area contributed by atoms with Gasteiger partial charge in [0.1, 0.15) is 0 Å². The molecule has 0 atom stereocenters. The van der Waals surface area contributed by atoms with Crippen molar-refractivity contribution in [2.75, 3.05) is 4.90 Å². The molecule has 0 aliphatic rings. The molecule has 0 saturated heterocycles. The molecule has 9 rings (SSSR count). The van der Waals surface area contributed by atoms with E-state index in [1.54, 1.807) is 0 Å². The maximum atomic E-state index is 2.36. The smallest absolute Gasteiger partial charge is 0.0467 e. The van der Waals surface area contributed by atoms with E-state index in [2.05, 4.69) is 193 Å². The van der Waals surface area contributed by atoms with Crippen LogP contribution >= 0.6 is 11.3 Å². The van der Waals surface area contributed by atoms with E-state index in [1.807, 2.05) is 11.3 Å². The predicted molar refractivity (Wildman–Crippen MR) is 208 cm³/mol. The Kier molecular flexibility index (Phi) is 7.07. The van der Waals surface area contributed by atoms with Crippen LogP contribution in [0.25, 0.3) is 64.3 Å². The standard InChI is InChI=1S/C46H31NS/c1-2-10-32(11-3-1)34-22-26-39(27-23-34)47(41-15-8-14-37(31-41)38-21-20-33-12-4-5-13-36(33)30-38)40-28-24-35(25-29-40)42-17-9-18-44-43-16-6-7-19-45(43)48-46(42)44/h1-31H. The Labute approximate surface area is 284 Å². The third-order valence-electron chi connectivity index (χ3n) is 9.26. The van der Waals surface area contributed by atoms with E-state index in [4.69, 9.17) is 0 Å². The van der Waals surface area contributed by atoms with Crippen LogP contribution in [0, 0.1) is 0 Å². The van der Waals surface area contributed by atoms with E-state index in [0.29, 0.717) is 0 Å². The molecule has 226 valence electrons. The molecule has 1 aromatic heterocycles. The molecule has 0 radical (unpaired) electrons. The zero-order valence-electron chi connectivity index (χ0n) is 26.3. The number of nitrogens with zero attached hydrogens (tertiary/aromatic N) is 1. The molecule has 48 heavy (non-hydrogen) atoms. The van der Waals surface area contributed by atoms with Crippen molar-refractivity contribution >= 4 is 59.3 Å². The molecular formula is C46H31NS. The summed E-state index contributed by atoms with van der Waals surface area (Å²) in [6.45, 7) is 0. The maximum absolute atomic E-state index is 2.36. The van der Waals surface area contributed by atoms with Crippen molar-refractivity contribution in [1.29, 1.82) is 0 Å². The molecule has 9 aromatic rings. The molecule has 0 spiro atoms. The van der Waals surface area contributed by atoms with Gasteiger partial charge in [-0.15, -0.1) is 11.3 Å².